The van der Waals surface area contributed by atoms with Gasteiger partial charge in [-0.25, -0.2) is 9.97 Å². The number of fused-ring (bicyclic) bond motifs is 14. The number of aromatic nitrogens is 4. The standard InChI is InChI=1S/C38H26N4/c1-3-10-32-23(2)41-34-14-7-4-11-28(34)26-19-17-24(21-30(26)37(41)39-32)25-18-20-27-29-12-5-8-15-35(29)42-36-16-9-6-13-33(36)40-38(42)31(27)22-25/h3-22H,1-2H3/b10-3-. The zero-order valence-corrected chi connectivity index (χ0v) is 23.3. The second-order valence-corrected chi connectivity index (χ2v) is 11.1. The Morgan fingerprint density at radius 3 is 1.71 bits per heavy atom. The van der Waals surface area contributed by atoms with Crippen LogP contribution in [-0.2, 0) is 0 Å². The van der Waals surface area contributed by atoms with Crippen LogP contribution < -0.4 is 0 Å². The van der Waals surface area contributed by atoms with Crippen molar-refractivity contribution >= 4 is 71.8 Å². The molecule has 0 saturated heterocycles. The highest BCUT2D eigenvalue weighted by Gasteiger charge is 2.17. The Morgan fingerprint density at radius 1 is 0.524 bits per heavy atom. The van der Waals surface area contributed by atoms with Crippen LogP contribution >= 0.6 is 0 Å². The number of para-hydroxylation sites is 4. The van der Waals surface area contributed by atoms with Crippen molar-refractivity contribution in [2.75, 3.05) is 0 Å². The highest BCUT2D eigenvalue weighted by molar-refractivity contribution is 6.16. The maximum Gasteiger partial charge on any atom is 0.146 e. The van der Waals surface area contributed by atoms with E-state index in [1.807, 2.05) is 6.92 Å². The summed E-state index contributed by atoms with van der Waals surface area (Å²) in [6.45, 7) is 4.20. The molecule has 0 N–H and O–H groups in total. The largest absolute Gasteiger partial charge is 0.296 e. The van der Waals surface area contributed by atoms with Crippen molar-refractivity contribution in [1.29, 1.82) is 0 Å². The van der Waals surface area contributed by atoms with Gasteiger partial charge in [-0.2, -0.15) is 0 Å². The van der Waals surface area contributed by atoms with Crippen LogP contribution in [0.5, 0.6) is 0 Å². The fourth-order valence-corrected chi connectivity index (χ4v) is 6.84. The lowest BCUT2D eigenvalue weighted by Gasteiger charge is -2.13. The van der Waals surface area contributed by atoms with Gasteiger partial charge < -0.3 is 0 Å². The van der Waals surface area contributed by atoms with E-state index in [0.717, 1.165) is 55.6 Å². The van der Waals surface area contributed by atoms with Gasteiger partial charge in [-0.15, -0.1) is 0 Å². The predicted octanol–water partition coefficient (Wildman–Crippen LogP) is 9.76. The molecule has 5 aromatic carbocycles. The highest BCUT2D eigenvalue weighted by Crippen LogP contribution is 2.37. The van der Waals surface area contributed by atoms with Crippen molar-refractivity contribution in [2.45, 2.75) is 13.8 Å². The minimum absolute atomic E-state index is 0.987. The van der Waals surface area contributed by atoms with E-state index in [1.165, 1.54) is 32.6 Å². The molecule has 0 unspecified atom stereocenters. The first kappa shape index (κ1) is 23.2. The van der Waals surface area contributed by atoms with E-state index in [1.54, 1.807) is 0 Å². The van der Waals surface area contributed by atoms with Gasteiger partial charge in [-0.05, 0) is 78.2 Å². The molecule has 0 spiro atoms. The number of pyridine rings is 2. The summed E-state index contributed by atoms with van der Waals surface area (Å²) in [7, 11) is 0. The highest BCUT2D eigenvalue weighted by atomic mass is 15.0. The Labute approximate surface area is 241 Å². The number of hydrogen-bond donors (Lipinski definition) is 0. The van der Waals surface area contributed by atoms with E-state index in [9.17, 15) is 0 Å². The molecule has 9 rings (SSSR count). The van der Waals surface area contributed by atoms with E-state index in [0.29, 0.717) is 0 Å². The molecule has 0 radical (unpaired) electrons. The molecule has 4 nitrogen and oxygen atoms in total. The minimum atomic E-state index is 0.987. The van der Waals surface area contributed by atoms with E-state index in [4.69, 9.17) is 9.97 Å². The van der Waals surface area contributed by atoms with Gasteiger partial charge in [0.25, 0.3) is 0 Å². The normalized spacial score (nSPS) is 12.4. The number of nitrogens with zero attached hydrogens (tertiary/aromatic N) is 4. The van der Waals surface area contributed by atoms with E-state index < -0.39 is 0 Å². The number of aryl methyl sites for hydroxylation is 1. The van der Waals surface area contributed by atoms with Gasteiger partial charge in [0, 0.05) is 27.2 Å². The zero-order chi connectivity index (χ0) is 27.9. The number of benzene rings is 5. The van der Waals surface area contributed by atoms with Gasteiger partial charge in [0.1, 0.15) is 11.3 Å². The SMILES string of the molecule is C/C=C\c1nc2c3cc(-c4ccc5c6ccccc6n6c7ccccc7nc6c5c4)ccc3c3ccccc3n2c1C. The summed E-state index contributed by atoms with van der Waals surface area (Å²) in [6, 6.07) is 39.3. The second kappa shape index (κ2) is 8.51. The smallest absolute Gasteiger partial charge is 0.146 e. The van der Waals surface area contributed by atoms with Crippen LogP contribution in [0, 0.1) is 6.92 Å². The van der Waals surface area contributed by atoms with Crippen molar-refractivity contribution in [1.82, 2.24) is 18.8 Å². The Balaban J connectivity index is 1.37. The molecule has 9 aromatic rings. The number of imidazole rings is 2. The molecule has 0 aliphatic rings. The Kier molecular flexibility index (Phi) is 4.71. The van der Waals surface area contributed by atoms with Gasteiger partial charge in [0.2, 0.25) is 0 Å². The van der Waals surface area contributed by atoms with Crippen molar-refractivity contribution in [3.63, 3.8) is 0 Å². The van der Waals surface area contributed by atoms with Crippen LogP contribution in [0.2, 0.25) is 0 Å². The fraction of sp³-hybridized carbons (Fsp3) is 0.0526. The summed E-state index contributed by atoms with van der Waals surface area (Å²) in [5.41, 5.74) is 11.0. The lowest BCUT2D eigenvalue weighted by molar-refractivity contribution is 1.17. The number of rotatable bonds is 2. The Morgan fingerprint density at radius 2 is 1.07 bits per heavy atom. The van der Waals surface area contributed by atoms with Crippen LogP contribution in [0.3, 0.4) is 0 Å². The lowest BCUT2D eigenvalue weighted by atomic mass is 9.96. The first-order chi connectivity index (χ1) is 20.7. The molecular formula is C38H26N4. The van der Waals surface area contributed by atoms with E-state index in [-0.39, 0.29) is 0 Å². The predicted molar refractivity (Wildman–Crippen MR) is 176 cm³/mol. The molecule has 0 bridgehead atoms. The Bertz CT molecular complexity index is 2600. The van der Waals surface area contributed by atoms with Crippen LogP contribution in [0.4, 0.5) is 0 Å². The van der Waals surface area contributed by atoms with Gasteiger partial charge in [0.05, 0.1) is 27.8 Å². The van der Waals surface area contributed by atoms with Crippen LogP contribution in [0.1, 0.15) is 18.3 Å². The van der Waals surface area contributed by atoms with Gasteiger partial charge in [-0.1, -0.05) is 78.9 Å². The van der Waals surface area contributed by atoms with Gasteiger partial charge >= 0.3 is 0 Å². The first-order valence-corrected chi connectivity index (χ1v) is 14.4. The first-order valence-electron chi connectivity index (χ1n) is 14.4. The average Bonchev–Trinajstić information content (AvgIpc) is 3.59. The molecule has 4 aromatic heterocycles. The van der Waals surface area contributed by atoms with Crippen molar-refractivity contribution in [2.24, 2.45) is 0 Å². The molecule has 4 heterocycles. The maximum absolute atomic E-state index is 5.13. The molecule has 198 valence electrons. The molecule has 0 fully saturated rings. The molecular weight excluding hydrogens is 512 g/mol. The Hall–Kier alpha value is -5.48. The molecule has 0 aliphatic heterocycles. The maximum atomic E-state index is 5.13. The molecule has 4 heteroatoms. The van der Waals surface area contributed by atoms with Gasteiger partial charge in [-0.3, -0.25) is 8.80 Å². The quantitative estimate of drug-likeness (QED) is 0.205. The fourth-order valence-electron chi connectivity index (χ4n) is 6.84. The van der Waals surface area contributed by atoms with Crippen molar-refractivity contribution < 1.29 is 0 Å². The third kappa shape index (κ3) is 3.06. The second-order valence-electron chi connectivity index (χ2n) is 11.1. The third-order valence-corrected chi connectivity index (χ3v) is 8.75. The summed E-state index contributed by atoms with van der Waals surface area (Å²) in [4.78, 5) is 10.3. The van der Waals surface area contributed by atoms with Crippen LogP contribution in [0.15, 0.2) is 115 Å². The summed E-state index contributed by atoms with van der Waals surface area (Å²) in [5.74, 6) is 0. The van der Waals surface area contributed by atoms with E-state index >= 15 is 0 Å². The molecule has 0 aliphatic carbocycles. The monoisotopic (exact) mass is 538 g/mol. The summed E-state index contributed by atoms with van der Waals surface area (Å²) in [6.07, 6.45) is 4.16. The van der Waals surface area contributed by atoms with E-state index in [2.05, 4.69) is 137 Å². The minimum Gasteiger partial charge on any atom is -0.296 e. The summed E-state index contributed by atoms with van der Waals surface area (Å²) >= 11 is 0. The third-order valence-electron chi connectivity index (χ3n) is 8.75. The van der Waals surface area contributed by atoms with Crippen LogP contribution in [0.25, 0.3) is 82.9 Å². The topological polar surface area (TPSA) is 34.6 Å². The van der Waals surface area contributed by atoms with Crippen molar-refractivity contribution in [3.8, 4) is 11.1 Å². The zero-order valence-electron chi connectivity index (χ0n) is 23.3. The summed E-state index contributed by atoms with van der Waals surface area (Å²) < 4.78 is 4.62. The number of allylic oxidation sites excluding steroid dienone is 1. The lowest BCUT2D eigenvalue weighted by Crippen LogP contribution is -1.94. The molecule has 42 heavy (non-hydrogen) atoms. The van der Waals surface area contributed by atoms with Gasteiger partial charge in [0.15, 0.2) is 0 Å². The van der Waals surface area contributed by atoms with Crippen LogP contribution in [-0.4, -0.2) is 18.8 Å². The average molecular weight is 539 g/mol. The van der Waals surface area contributed by atoms with Crippen molar-refractivity contribution in [3.05, 3.63) is 127 Å². The molecule has 0 saturated carbocycles. The molecule has 0 amide bonds. The molecule has 0 atom stereocenters. The number of hydrogen-bond acceptors (Lipinski definition) is 2. The summed E-state index contributed by atoms with van der Waals surface area (Å²) in [5, 5.41) is 7.19.